The van der Waals surface area contributed by atoms with Crippen molar-refractivity contribution < 1.29 is 14.3 Å². The first-order chi connectivity index (χ1) is 8.65. The van der Waals surface area contributed by atoms with E-state index in [4.69, 9.17) is 21.1 Å². The van der Waals surface area contributed by atoms with Crippen LogP contribution in [0.1, 0.15) is 10.5 Å². The number of hydrogen-bond donors (Lipinski definition) is 1. The van der Waals surface area contributed by atoms with Crippen molar-refractivity contribution >= 4 is 28.5 Å². The summed E-state index contributed by atoms with van der Waals surface area (Å²) in [7, 11) is 0. The predicted molar refractivity (Wildman–Crippen MR) is 65.3 cm³/mol. The number of carboxylic acids is 1. The van der Waals surface area contributed by atoms with E-state index in [1.54, 1.807) is 16.8 Å². The fourth-order valence-electron chi connectivity index (χ4n) is 1.75. The van der Waals surface area contributed by atoms with E-state index in [0.717, 1.165) is 17.2 Å². The van der Waals surface area contributed by atoms with Gasteiger partial charge in [-0.15, -0.1) is 0 Å². The van der Waals surface area contributed by atoms with Crippen LogP contribution in [0.15, 0.2) is 41.1 Å². The number of halogens is 1. The van der Waals surface area contributed by atoms with Crippen LogP contribution in [0, 0.1) is 0 Å². The monoisotopic (exact) mass is 262 g/mol. The highest BCUT2D eigenvalue weighted by molar-refractivity contribution is 6.31. The number of fused-ring (bicyclic) bond motifs is 1. The number of aromatic carboxylic acids is 1. The van der Waals surface area contributed by atoms with E-state index < -0.39 is 5.97 Å². The molecular formula is C12H7ClN2O3. The first-order valence-electron chi connectivity index (χ1n) is 5.11. The number of nitrogens with zero attached hydrogens (tertiary/aromatic N) is 2. The lowest BCUT2D eigenvalue weighted by Crippen LogP contribution is -1.98. The van der Waals surface area contributed by atoms with Crippen molar-refractivity contribution in [1.82, 2.24) is 9.55 Å². The highest BCUT2D eigenvalue weighted by Gasteiger charge is 2.13. The molecule has 6 heteroatoms. The fraction of sp³-hybridized carbons (Fsp3) is 0. The lowest BCUT2D eigenvalue weighted by molar-refractivity contribution is 0.0690. The minimum Gasteiger partial charge on any atom is -0.476 e. The van der Waals surface area contributed by atoms with Crippen LogP contribution in [0.2, 0.25) is 5.02 Å². The summed E-state index contributed by atoms with van der Waals surface area (Å²) in [5, 5.41) is 10.4. The summed E-state index contributed by atoms with van der Waals surface area (Å²) in [5.41, 5.74) is 0.721. The second-order valence-corrected chi connectivity index (χ2v) is 4.15. The van der Waals surface area contributed by atoms with Crippen molar-refractivity contribution in [2.24, 2.45) is 0 Å². The van der Waals surface area contributed by atoms with Gasteiger partial charge in [0, 0.05) is 16.6 Å². The zero-order valence-corrected chi connectivity index (χ0v) is 9.76. The minimum absolute atomic E-state index is 0.124. The maximum atomic E-state index is 10.7. The van der Waals surface area contributed by atoms with Gasteiger partial charge in [-0.25, -0.2) is 4.79 Å². The molecule has 18 heavy (non-hydrogen) atoms. The Morgan fingerprint density at radius 2 is 2.22 bits per heavy atom. The molecule has 0 saturated heterocycles. The Morgan fingerprint density at radius 1 is 1.39 bits per heavy atom. The summed E-state index contributed by atoms with van der Waals surface area (Å²) < 4.78 is 6.81. The molecule has 0 atom stereocenters. The molecule has 0 unspecified atom stereocenters. The van der Waals surface area contributed by atoms with Crippen molar-refractivity contribution in [2.45, 2.75) is 0 Å². The Hall–Kier alpha value is -2.27. The van der Waals surface area contributed by atoms with Gasteiger partial charge in [-0.05, 0) is 24.3 Å². The third kappa shape index (κ3) is 1.65. The average Bonchev–Trinajstić information content (AvgIpc) is 2.92. The topological polar surface area (TPSA) is 68.3 Å². The van der Waals surface area contributed by atoms with E-state index in [0.29, 0.717) is 5.02 Å². The van der Waals surface area contributed by atoms with Gasteiger partial charge in [-0.3, -0.25) is 4.57 Å². The summed E-state index contributed by atoms with van der Waals surface area (Å²) in [5.74, 6) is -1.12. The van der Waals surface area contributed by atoms with Crippen LogP contribution in [0.3, 0.4) is 0 Å². The normalized spacial score (nSPS) is 10.9. The molecule has 0 aliphatic rings. The van der Waals surface area contributed by atoms with Gasteiger partial charge < -0.3 is 9.52 Å². The Labute approximate surface area is 106 Å². The molecule has 2 heterocycles. The first-order valence-corrected chi connectivity index (χ1v) is 5.49. The minimum atomic E-state index is -1.12. The van der Waals surface area contributed by atoms with Gasteiger partial charge in [0.15, 0.2) is 5.69 Å². The first kappa shape index (κ1) is 10.9. The van der Waals surface area contributed by atoms with Crippen LogP contribution < -0.4 is 0 Å². The quantitative estimate of drug-likeness (QED) is 0.771. The fourth-order valence-corrected chi connectivity index (χ4v) is 1.93. The summed E-state index contributed by atoms with van der Waals surface area (Å²) in [6.45, 7) is 0. The second kappa shape index (κ2) is 3.89. The standard InChI is InChI=1S/C12H7ClN2O3/c13-8-1-2-10-7(5-8)3-4-15(10)12-14-9(6-18-12)11(16)17/h1-6H,(H,16,17). The number of oxazole rings is 1. The number of benzene rings is 1. The van der Waals surface area contributed by atoms with Crippen molar-refractivity contribution in [2.75, 3.05) is 0 Å². The maximum Gasteiger partial charge on any atom is 0.357 e. The largest absolute Gasteiger partial charge is 0.476 e. The molecule has 0 radical (unpaired) electrons. The molecule has 0 saturated carbocycles. The third-order valence-electron chi connectivity index (χ3n) is 2.57. The van der Waals surface area contributed by atoms with E-state index in [-0.39, 0.29) is 11.7 Å². The van der Waals surface area contributed by atoms with Gasteiger partial charge in [0.1, 0.15) is 6.26 Å². The highest BCUT2D eigenvalue weighted by Crippen LogP contribution is 2.23. The van der Waals surface area contributed by atoms with Gasteiger partial charge in [0.25, 0.3) is 0 Å². The third-order valence-corrected chi connectivity index (χ3v) is 2.80. The molecule has 5 nitrogen and oxygen atoms in total. The molecule has 0 fully saturated rings. The van der Waals surface area contributed by atoms with Gasteiger partial charge >= 0.3 is 12.0 Å². The van der Waals surface area contributed by atoms with Crippen LogP contribution in [0.5, 0.6) is 0 Å². The smallest absolute Gasteiger partial charge is 0.357 e. The number of hydrogen-bond acceptors (Lipinski definition) is 3. The molecule has 0 amide bonds. The molecule has 0 spiro atoms. The Morgan fingerprint density at radius 3 is 2.94 bits per heavy atom. The lowest BCUT2D eigenvalue weighted by atomic mass is 10.2. The van der Waals surface area contributed by atoms with E-state index >= 15 is 0 Å². The van der Waals surface area contributed by atoms with Gasteiger partial charge in [-0.1, -0.05) is 11.6 Å². The maximum absolute atomic E-state index is 10.7. The number of carbonyl (C=O) groups is 1. The average molecular weight is 263 g/mol. The second-order valence-electron chi connectivity index (χ2n) is 3.71. The molecule has 1 N–H and O–H groups in total. The number of aromatic nitrogens is 2. The SMILES string of the molecule is O=C(O)c1coc(-n2ccc3cc(Cl)ccc32)n1. The van der Waals surface area contributed by atoms with E-state index in [2.05, 4.69) is 4.98 Å². The van der Waals surface area contributed by atoms with Crippen LogP contribution in [0.4, 0.5) is 0 Å². The van der Waals surface area contributed by atoms with E-state index in [1.165, 1.54) is 0 Å². The molecule has 3 aromatic rings. The van der Waals surface area contributed by atoms with Crippen molar-refractivity contribution in [3.8, 4) is 6.01 Å². The van der Waals surface area contributed by atoms with Gasteiger partial charge in [0.2, 0.25) is 0 Å². The summed E-state index contributed by atoms with van der Waals surface area (Å²) in [6, 6.07) is 7.45. The van der Waals surface area contributed by atoms with Crippen LogP contribution in [-0.2, 0) is 0 Å². The Bertz CT molecular complexity index is 745. The zero-order chi connectivity index (χ0) is 12.7. The number of carboxylic acid groups (broad SMARTS) is 1. The Balaban J connectivity index is 2.16. The van der Waals surface area contributed by atoms with Crippen LogP contribution in [0.25, 0.3) is 16.9 Å². The van der Waals surface area contributed by atoms with Crippen LogP contribution in [-0.4, -0.2) is 20.6 Å². The summed E-state index contributed by atoms with van der Waals surface area (Å²) in [4.78, 5) is 14.6. The molecule has 2 aromatic heterocycles. The van der Waals surface area contributed by atoms with Crippen molar-refractivity contribution in [1.29, 1.82) is 0 Å². The molecule has 0 aliphatic carbocycles. The Kier molecular flexibility index (Phi) is 2.34. The highest BCUT2D eigenvalue weighted by atomic mass is 35.5. The molecule has 1 aromatic carbocycles. The van der Waals surface area contributed by atoms with E-state index in [9.17, 15) is 4.79 Å². The summed E-state index contributed by atoms with van der Waals surface area (Å²) in [6.07, 6.45) is 2.86. The number of rotatable bonds is 2. The van der Waals surface area contributed by atoms with Crippen LogP contribution >= 0.6 is 11.6 Å². The molecule has 0 bridgehead atoms. The van der Waals surface area contributed by atoms with Crippen molar-refractivity contribution in [3.05, 3.63) is 47.4 Å². The lowest BCUT2D eigenvalue weighted by Gasteiger charge is -1.98. The molecule has 3 rings (SSSR count). The molecule has 90 valence electrons. The summed E-state index contributed by atoms with van der Waals surface area (Å²) >= 11 is 5.89. The van der Waals surface area contributed by atoms with Gasteiger partial charge in [-0.2, -0.15) is 4.98 Å². The van der Waals surface area contributed by atoms with E-state index in [1.807, 2.05) is 18.2 Å². The molecular weight excluding hydrogens is 256 g/mol. The van der Waals surface area contributed by atoms with Crippen molar-refractivity contribution in [3.63, 3.8) is 0 Å². The molecule has 0 aliphatic heterocycles. The predicted octanol–water partition coefficient (Wildman–Crippen LogP) is 2.97. The zero-order valence-electron chi connectivity index (χ0n) is 9.00. The van der Waals surface area contributed by atoms with Gasteiger partial charge in [0.05, 0.1) is 5.52 Å².